The quantitative estimate of drug-likeness (QED) is 0.232. The molecule has 0 fully saturated rings. The van der Waals surface area contributed by atoms with Gasteiger partial charge in [0.1, 0.15) is 29.1 Å². The molecule has 0 spiro atoms. The molecule has 5 aromatic rings. The lowest BCUT2D eigenvalue weighted by Crippen LogP contribution is -2.35. The highest BCUT2D eigenvalue weighted by Crippen LogP contribution is 2.30. The number of hydrogen-bond donors (Lipinski definition) is 2. The fourth-order valence-electron chi connectivity index (χ4n) is 4.23. The van der Waals surface area contributed by atoms with Crippen LogP contribution in [0.5, 0.6) is 5.88 Å². The third-order valence-corrected chi connectivity index (χ3v) is 7.41. The first-order chi connectivity index (χ1) is 19.0. The Bertz CT molecular complexity index is 1610. The molecule has 10 heteroatoms. The van der Waals surface area contributed by atoms with Crippen molar-refractivity contribution in [2.24, 2.45) is 0 Å². The third kappa shape index (κ3) is 6.57. The first-order valence-electron chi connectivity index (χ1n) is 13.4. The number of Topliss-reactive ketones (excluding diaryl/α,β-unsaturated/α-hetero) is 1. The number of thiazole rings is 1. The molecule has 0 aliphatic heterocycles. The zero-order valence-corrected chi connectivity index (χ0v) is 24.3. The molecule has 1 atom stereocenters. The zero-order valence-electron chi connectivity index (χ0n) is 23.5. The first kappa shape index (κ1) is 27.9. The molecule has 0 saturated carbocycles. The van der Waals surface area contributed by atoms with E-state index in [1.54, 1.807) is 0 Å². The van der Waals surface area contributed by atoms with E-state index in [0.29, 0.717) is 30.6 Å². The number of nitrogens with one attached hydrogen (secondary N) is 1. The number of ether oxygens (including phenoxy) is 1. The first-order valence-corrected chi connectivity index (χ1v) is 14.3. The smallest absolute Gasteiger partial charge is 0.214 e. The summed E-state index contributed by atoms with van der Waals surface area (Å²) in [6.07, 6.45) is 1.97. The Labute approximate surface area is 237 Å². The van der Waals surface area contributed by atoms with Gasteiger partial charge < -0.3 is 19.7 Å². The molecule has 210 valence electrons. The van der Waals surface area contributed by atoms with E-state index in [1.165, 1.54) is 11.3 Å². The normalized spacial score (nSPS) is 13.0. The molecule has 4 aromatic heterocycles. The Morgan fingerprint density at radius 1 is 1.12 bits per heavy atom. The molecule has 0 bridgehead atoms. The van der Waals surface area contributed by atoms with Crippen molar-refractivity contribution in [3.8, 4) is 17.1 Å². The Hall–Kier alpha value is -3.60. The second kappa shape index (κ2) is 11.5. The van der Waals surface area contributed by atoms with Gasteiger partial charge in [0, 0.05) is 48.3 Å². The fourth-order valence-corrected chi connectivity index (χ4v) is 5.21. The fraction of sp³-hybridized carbons (Fsp3) is 0.400. The number of aliphatic hydroxyl groups is 1. The van der Waals surface area contributed by atoms with E-state index in [9.17, 15) is 9.90 Å². The lowest BCUT2D eigenvalue weighted by atomic mass is 9.93. The van der Waals surface area contributed by atoms with Gasteiger partial charge in [-0.3, -0.25) is 9.20 Å². The van der Waals surface area contributed by atoms with Crippen LogP contribution in [0.15, 0.2) is 53.2 Å². The van der Waals surface area contributed by atoms with E-state index in [0.717, 1.165) is 37.9 Å². The van der Waals surface area contributed by atoms with Gasteiger partial charge in [-0.05, 0) is 11.6 Å². The Balaban J connectivity index is 1.21. The number of aromatic nitrogens is 4. The number of benzene rings is 1. The maximum Gasteiger partial charge on any atom is 0.214 e. The summed E-state index contributed by atoms with van der Waals surface area (Å²) < 4.78 is 13.1. The Morgan fingerprint density at radius 3 is 2.60 bits per heavy atom. The van der Waals surface area contributed by atoms with Crippen LogP contribution < -0.4 is 10.1 Å². The van der Waals surface area contributed by atoms with Crippen LogP contribution in [0.4, 0.5) is 0 Å². The summed E-state index contributed by atoms with van der Waals surface area (Å²) >= 11 is 1.48. The number of rotatable bonds is 11. The molecule has 2 N–H and O–H groups in total. The highest BCUT2D eigenvalue weighted by atomic mass is 32.1. The van der Waals surface area contributed by atoms with Crippen LogP contribution in [-0.4, -0.2) is 55.7 Å². The monoisotopic (exact) mass is 561 g/mol. The number of hydrogen-bond acceptors (Lipinski definition) is 9. The van der Waals surface area contributed by atoms with Gasteiger partial charge in [-0.15, -0.1) is 0 Å². The van der Waals surface area contributed by atoms with Crippen molar-refractivity contribution in [2.45, 2.75) is 65.0 Å². The van der Waals surface area contributed by atoms with Crippen molar-refractivity contribution in [1.29, 1.82) is 0 Å². The van der Waals surface area contributed by atoms with E-state index in [4.69, 9.17) is 14.2 Å². The summed E-state index contributed by atoms with van der Waals surface area (Å²) in [5.41, 5.74) is 4.25. The van der Waals surface area contributed by atoms with E-state index in [1.807, 2.05) is 66.9 Å². The van der Waals surface area contributed by atoms with Gasteiger partial charge in [0.2, 0.25) is 5.88 Å². The van der Waals surface area contributed by atoms with Crippen LogP contribution in [0.3, 0.4) is 0 Å². The minimum absolute atomic E-state index is 0.0908. The average molecular weight is 562 g/mol. The Morgan fingerprint density at radius 2 is 1.90 bits per heavy atom. The lowest BCUT2D eigenvalue weighted by Gasteiger charge is -2.14. The minimum Gasteiger partial charge on any atom is -0.475 e. The number of fused-ring (bicyclic) bond motifs is 3. The number of carbonyl (C=O) groups is 1. The summed E-state index contributed by atoms with van der Waals surface area (Å²) in [5.74, 6) is 1.35. The van der Waals surface area contributed by atoms with Gasteiger partial charge in [-0.2, -0.15) is 0 Å². The molecule has 1 unspecified atom stereocenters. The van der Waals surface area contributed by atoms with Crippen molar-refractivity contribution < 1.29 is 19.2 Å². The molecule has 0 aliphatic carbocycles. The van der Waals surface area contributed by atoms with Gasteiger partial charge in [0.05, 0.1) is 23.3 Å². The molecular weight excluding hydrogens is 526 g/mol. The maximum atomic E-state index is 12.6. The van der Waals surface area contributed by atoms with Gasteiger partial charge in [-0.1, -0.05) is 75.4 Å². The van der Waals surface area contributed by atoms with E-state index >= 15 is 0 Å². The maximum absolute atomic E-state index is 12.6. The Kier molecular flexibility index (Phi) is 8.02. The van der Waals surface area contributed by atoms with Crippen LogP contribution in [-0.2, 0) is 23.1 Å². The van der Waals surface area contributed by atoms with E-state index in [2.05, 4.69) is 36.2 Å². The highest BCUT2D eigenvalue weighted by Gasteiger charge is 2.20. The summed E-state index contributed by atoms with van der Waals surface area (Å²) in [7, 11) is 0. The number of pyridine rings is 1. The molecule has 0 saturated heterocycles. The third-order valence-electron chi connectivity index (χ3n) is 6.45. The van der Waals surface area contributed by atoms with E-state index < -0.39 is 6.10 Å². The van der Waals surface area contributed by atoms with Crippen LogP contribution in [0.25, 0.3) is 26.6 Å². The minimum atomic E-state index is -0.609. The van der Waals surface area contributed by atoms with Crippen LogP contribution >= 0.6 is 11.3 Å². The second-order valence-electron chi connectivity index (χ2n) is 11.4. The van der Waals surface area contributed by atoms with Gasteiger partial charge in [0.15, 0.2) is 4.96 Å². The number of ketones is 1. The van der Waals surface area contributed by atoms with Gasteiger partial charge in [0.25, 0.3) is 0 Å². The number of carbonyl (C=O) groups excluding carboxylic acids is 1. The molecule has 4 heterocycles. The second-order valence-corrected chi connectivity index (χ2v) is 12.4. The summed E-state index contributed by atoms with van der Waals surface area (Å²) in [5, 5.41) is 17.3. The van der Waals surface area contributed by atoms with Crippen LogP contribution in [0, 0.1) is 0 Å². The molecule has 0 aliphatic rings. The lowest BCUT2D eigenvalue weighted by molar-refractivity contribution is -0.117. The molecular formula is C30H35N5O4S. The largest absolute Gasteiger partial charge is 0.475 e. The number of imidazole rings is 1. The van der Waals surface area contributed by atoms with Crippen molar-refractivity contribution >= 4 is 32.4 Å². The standard InChI is InChI=1S/C30H35N5O4S/c1-18(2)31-15-23(37)17-38-27-11-10-25-28(33-27)40-29-32-24(16-35(25)29)20-8-6-19(7-9-20)12-22(36)13-21-14-26(39-34-21)30(3,4)5/h6-11,14,16,18,23,31,37H,12-13,15,17H2,1-5H3. The summed E-state index contributed by atoms with van der Waals surface area (Å²) in [6, 6.07) is 13.9. The average Bonchev–Trinajstić information content (AvgIpc) is 3.61. The SMILES string of the molecule is CC(C)NCC(O)COc1ccc2c(n1)sc1nc(-c3ccc(CC(=O)Cc4cc(C(C)(C)C)on4)cc3)cn12. The van der Waals surface area contributed by atoms with Gasteiger partial charge >= 0.3 is 0 Å². The van der Waals surface area contributed by atoms with Crippen molar-refractivity contribution in [2.75, 3.05) is 13.2 Å². The predicted molar refractivity (Wildman–Crippen MR) is 156 cm³/mol. The van der Waals surface area contributed by atoms with Crippen molar-refractivity contribution in [3.05, 3.63) is 65.7 Å². The summed E-state index contributed by atoms with van der Waals surface area (Å²) in [6.45, 7) is 10.9. The van der Waals surface area contributed by atoms with Crippen LogP contribution in [0.1, 0.15) is 51.6 Å². The predicted octanol–water partition coefficient (Wildman–Crippen LogP) is 4.99. The zero-order chi connectivity index (χ0) is 28.4. The van der Waals surface area contributed by atoms with Crippen molar-refractivity contribution in [1.82, 2.24) is 24.8 Å². The van der Waals surface area contributed by atoms with Crippen molar-refractivity contribution in [3.63, 3.8) is 0 Å². The van der Waals surface area contributed by atoms with E-state index in [-0.39, 0.29) is 24.2 Å². The number of nitrogens with zero attached hydrogens (tertiary/aromatic N) is 4. The molecule has 9 nitrogen and oxygen atoms in total. The highest BCUT2D eigenvalue weighted by molar-refractivity contribution is 7.23. The van der Waals surface area contributed by atoms with Crippen LogP contribution in [0.2, 0.25) is 0 Å². The molecule has 0 radical (unpaired) electrons. The number of aliphatic hydroxyl groups excluding tert-OH is 1. The molecule has 0 amide bonds. The summed E-state index contributed by atoms with van der Waals surface area (Å²) in [4.78, 5) is 23.7. The molecule has 5 rings (SSSR count). The topological polar surface area (TPSA) is 115 Å². The van der Waals surface area contributed by atoms with Gasteiger partial charge in [-0.25, -0.2) is 9.97 Å². The molecule has 1 aromatic carbocycles. The molecule has 40 heavy (non-hydrogen) atoms.